The average molecular weight is 349 g/mol. The van der Waals surface area contributed by atoms with Gasteiger partial charge in [-0.1, -0.05) is 43.0 Å². The Balaban J connectivity index is 1.52. The molecule has 3 rings (SSSR count). The number of pyridine rings is 1. The van der Waals surface area contributed by atoms with Crippen molar-refractivity contribution in [1.82, 2.24) is 10.3 Å². The standard InChI is InChI=1S/C22H27N3O/c1-2-15-26-21-10-6-5-9-20(21)18-23-16-19-11-12-22(24-17-19)25-13-7-3-4-8-14-25/h1,5-6,9-12,17,23H,3-4,7-8,13-16,18H2. The van der Waals surface area contributed by atoms with E-state index in [1.54, 1.807) is 0 Å². The van der Waals surface area contributed by atoms with Crippen molar-refractivity contribution in [3.05, 3.63) is 53.7 Å². The summed E-state index contributed by atoms with van der Waals surface area (Å²) in [4.78, 5) is 7.07. The Labute approximate surface area is 156 Å². The Bertz CT molecular complexity index is 713. The molecular weight excluding hydrogens is 322 g/mol. The van der Waals surface area contributed by atoms with Crippen molar-refractivity contribution in [2.24, 2.45) is 0 Å². The maximum Gasteiger partial charge on any atom is 0.148 e. The lowest BCUT2D eigenvalue weighted by molar-refractivity contribution is 0.365. The maximum absolute atomic E-state index is 5.59. The minimum atomic E-state index is 0.291. The first-order valence-electron chi connectivity index (χ1n) is 9.41. The highest BCUT2D eigenvalue weighted by Crippen LogP contribution is 2.19. The molecule has 0 radical (unpaired) electrons. The number of nitrogens with one attached hydrogen (secondary N) is 1. The number of ether oxygens (including phenoxy) is 1. The summed E-state index contributed by atoms with van der Waals surface area (Å²) in [5.41, 5.74) is 2.29. The molecular formula is C22H27N3O. The molecule has 0 atom stereocenters. The molecule has 4 nitrogen and oxygen atoms in total. The largest absolute Gasteiger partial charge is 0.481 e. The lowest BCUT2D eigenvalue weighted by Gasteiger charge is -2.21. The van der Waals surface area contributed by atoms with E-state index < -0.39 is 0 Å². The van der Waals surface area contributed by atoms with E-state index >= 15 is 0 Å². The van der Waals surface area contributed by atoms with Gasteiger partial charge in [0.1, 0.15) is 18.2 Å². The molecule has 1 aliphatic rings. The Morgan fingerprint density at radius 1 is 1.04 bits per heavy atom. The van der Waals surface area contributed by atoms with Crippen LogP contribution in [0.5, 0.6) is 5.75 Å². The van der Waals surface area contributed by atoms with Crippen LogP contribution in [0.4, 0.5) is 5.82 Å². The summed E-state index contributed by atoms with van der Waals surface area (Å²) >= 11 is 0. The highest BCUT2D eigenvalue weighted by Gasteiger charge is 2.10. The van der Waals surface area contributed by atoms with Crippen molar-refractivity contribution in [3.63, 3.8) is 0 Å². The summed E-state index contributed by atoms with van der Waals surface area (Å²) in [6.45, 7) is 4.04. The van der Waals surface area contributed by atoms with E-state index in [2.05, 4.69) is 39.3 Å². The van der Waals surface area contributed by atoms with Crippen LogP contribution in [0, 0.1) is 12.3 Å². The van der Waals surface area contributed by atoms with Gasteiger partial charge in [-0.15, -0.1) is 6.42 Å². The Hall–Kier alpha value is -2.51. The Morgan fingerprint density at radius 2 is 1.85 bits per heavy atom. The van der Waals surface area contributed by atoms with Crippen molar-refractivity contribution >= 4 is 5.82 Å². The number of anilines is 1. The van der Waals surface area contributed by atoms with Gasteiger partial charge < -0.3 is 15.0 Å². The van der Waals surface area contributed by atoms with Crippen LogP contribution in [-0.4, -0.2) is 24.7 Å². The van der Waals surface area contributed by atoms with Crippen LogP contribution in [0.1, 0.15) is 36.8 Å². The molecule has 2 aromatic rings. The number of para-hydroxylation sites is 1. The lowest BCUT2D eigenvalue weighted by atomic mass is 10.2. The van der Waals surface area contributed by atoms with Gasteiger partial charge >= 0.3 is 0 Å². The molecule has 1 saturated heterocycles. The van der Waals surface area contributed by atoms with Gasteiger partial charge in [0.25, 0.3) is 0 Å². The quantitative estimate of drug-likeness (QED) is 0.772. The number of aromatic nitrogens is 1. The van der Waals surface area contributed by atoms with Gasteiger partial charge in [0.15, 0.2) is 0 Å². The Kier molecular flexibility index (Phi) is 6.92. The first kappa shape index (κ1) is 18.3. The molecule has 2 heterocycles. The number of nitrogens with zero attached hydrogens (tertiary/aromatic N) is 2. The SMILES string of the molecule is C#CCOc1ccccc1CNCc1ccc(N2CCCCCC2)nc1. The number of benzene rings is 1. The molecule has 0 bridgehead atoms. The molecule has 0 unspecified atom stereocenters. The fourth-order valence-corrected chi connectivity index (χ4v) is 3.26. The first-order valence-corrected chi connectivity index (χ1v) is 9.41. The number of hydrogen-bond acceptors (Lipinski definition) is 4. The monoisotopic (exact) mass is 349 g/mol. The van der Waals surface area contributed by atoms with Crippen molar-refractivity contribution in [2.45, 2.75) is 38.8 Å². The van der Waals surface area contributed by atoms with E-state index in [1.807, 2.05) is 24.4 Å². The molecule has 0 aliphatic carbocycles. The lowest BCUT2D eigenvalue weighted by Crippen LogP contribution is -2.24. The third kappa shape index (κ3) is 5.24. The van der Waals surface area contributed by atoms with Gasteiger partial charge in [0, 0.05) is 37.9 Å². The third-order valence-electron chi connectivity index (χ3n) is 4.67. The van der Waals surface area contributed by atoms with Crippen LogP contribution < -0.4 is 15.0 Å². The topological polar surface area (TPSA) is 37.4 Å². The zero-order valence-electron chi connectivity index (χ0n) is 15.3. The predicted molar refractivity (Wildman–Crippen MR) is 106 cm³/mol. The molecule has 0 spiro atoms. The number of hydrogen-bond donors (Lipinski definition) is 1. The molecule has 4 heteroatoms. The summed E-state index contributed by atoms with van der Waals surface area (Å²) in [5, 5.41) is 3.46. The molecule has 1 fully saturated rings. The second-order valence-corrected chi connectivity index (χ2v) is 6.63. The number of terminal acetylenes is 1. The minimum absolute atomic E-state index is 0.291. The van der Waals surface area contributed by atoms with E-state index in [0.29, 0.717) is 6.61 Å². The van der Waals surface area contributed by atoms with E-state index in [4.69, 9.17) is 11.2 Å². The van der Waals surface area contributed by atoms with Crippen LogP contribution in [0.2, 0.25) is 0 Å². The number of rotatable bonds is 7. The van der Waals surface area contributed by atoms with Crippen molar-refractivity contribution in [3.8, 4) is 18.1 Å². The normalized spacial score (nSPS) is 14.5. The third-order valence-corrected chi connectivity index (χ3v) is 4.67. The van der Waals surface area contributed by atoms with Crippen LogP contribution in [0.15, 0.2) is 42.6 Å². The van der Waals surface area contributed by atoms with Crippen LogP contribution in [-0.2, 0) is 13.1 Å². The van der Waals surface area contributed by atoms with Gasteiger partial charge in [-0.05, 0) is 30.5 Å². The van der Waals surface area contributed by atoms with E-state index in [1.165, 1.54) is 31.2 Å². The smallest absolute Gasteiger partial charge is 0.148 e. The fourth-order valence-electron chi connectivity index (χ4n) is 3.26. The fraction of sp³-hybridized carbons (Fsp3) is 0.409. The highest BCUT2D eigenvalue weighted by atomic mass is 16.5. The van der Waals surface area contributed by atoms with Crippen LogP contribution >= 0.6 is 0 Å². The van der Waals surface area contributed by atoms with Crippen LogP contribution in [0.3, 0.4) is 0 Å². The van der Waals surface area contributed by atoms with Crippen LogP contribution in [0.25, 0.3) is 0 Å². The van der Waals surface area contributed by atoms with E-state index in [9.17, 15) is 0 Å². The molecule has 1 aliphatic heterocycles. The summed E-state index contributed by atoms with van der Waals surface area (Å²) in [6, 6.07) is 12.3. The van der Waals surface area contributed by atoms with E-state index in [0.717, 1.165) is 43.3 Å². The summed E-state index contributed by atoms with van der Waals surface area (Å²) < 4.78 is 5.59. The van der Waals surface area contributed by atoms with Crippen molar-refractivity contribution in [1.29, 1.82) is 0 Å². The second-order valence-electron chi connectivity index (χ2n) is 6.63. The molecule has 1 aromatic carbocycles. The van der Waals surface area contributed by atoms with Gasteiger partial charge in [-0.3, -0.25) is 0 Å². The molecule has 136 valence electrons. The molecule has 26 heavy (non-hydrogen) atoms. The molecule has 0 amide bonds. The Morgan fingerprint density at radius 3 is 2.58 bits per heavy atom. The molecule has 1 N–H and O–H groups in total. The summed E-state index contributed by atoms with van der Waals surface area (Å²) in [7, 11) is 0. The minimum Gasteiger partial charge on any atom is -0.481 e. The molecule has 0 saturated carbocycles. The average Bonchev–Trinajstić information content (AvgIpc) is 2.97. The summed E-state index contributed by atoms with van der Waals surface area (Å²) in [6.07, 6.45) is 12.5. The van der Waals surface area contributed by atoms with Gasteiger partial charge in [-0.25, -0.2) is 4.98 Å². The maximum atomic E-state index is 5.59. The molecule has 1 aromatic heterocycles. The van der Waals surface area contributed by atoms with Crippen molar-refractivity contribution < 1.29 is 4.74 Å². The van der Waals surface area contributed by atoms with Gasteiger partial charge in [0.05, 0.1) is 0 Å². The summed E-state index contributed by atoms with van der Waals surface area (Å²) in [5.74, 6) is 4.45. The van der Waals surface area contributed by atoms with E-state index in [-0.39, 0.29) is 0 Å². The van der Waals surface area contributed by atoms with Crippen molar-refractivity contribution in [2.75, 3.05) is 24.6 Å². The van der Waals surface area contributed by atoms with Gasteiger partial charge in [-0.2, -0.15) is 0 Å². The first-order chi connectivity index (χ1) is 12.9. The predicted octanol–water partition coefficient (Wildman–Crippen LogP) is 3.76. The zero-order chi connectivity index (χ0) is 18.0. The van der Waals surface area contributed by atoms with Gasteiger partial charge in [0.2, 0.25) is 0 Å². The zero-order valence-corrected chi connectivity index (χ0v) is 15.3. The second kappa shape index (κ2) is 9.84. The highest BCUT2D eigenvalue weighted by molar-refractivity contribution is 5.39.